The summed E-state index contributed by atoms with van der Waals surface area (Å²) in [5.41, 5.74) is 2.08. The Kier molecular flexibility index (Phi) is 4.57. The first-order valence-electron chi connectivity index (χ1n) is 7.81. The Morgan fingerprint density at radius 3 is 2.92 bits per heavy atom. The average Bonchev–Trinajstić information content (AvgIpc) is 2.93. The lowest BCUT2D eigenvalue weighted by Crippen LogP contribution is -2.48. The minimum absolute atomic E-state index is 0.0332. The molecule has 1 atom stereocenters. The van der Waals surface area contributed by atoms with Gasteiger partial charge in [0.15, 0.2) is 0 Å². The number of halogens is 1. The molecule has 1 saturated heterocycles. The smallest absolute Gasteiger partial charge is 0.255 e. The number of carbonyl (C=O) groups excluding carboxylic acids is 2. The molecular formula is C17H19ClN4O2. The lowest BCUT2D eigenvalue weighted by Gasteiger charge is -2.30. The first-order valence-corrected chi connectivity index (χ1v) is 8.19. The number of nitrogens with zero attached hydrogens (tertiary/aromatic N) is 3. The van der Waals surface area contributed by atoms with Crippen LogP contribution in [0.1, 0.15) is 28.9 Å². The van der Waals surface area contributed by atoms with Gasteiger partial charge in [-0.1, -0.05) is 17.7 Å². The van der Waals surface area contributed by atoms with Gasteiger partial charge in [0.05, 0.1) is 23.1 Å². The van der Waals surface area contributed by atoms with E-state index >= 15 is 0 Å². The number of carbonyl (C=O) groups is 2. The van der Waals surface area contributed by atoms with Gasteiger partial charge < -0.3 is 10.2 Å². The first-order chi connectivity index (χ1) is 11.5. The Balaban J connectivity index is 1.76. The Morgan fingerprint density at radius 1 is 1.42 bits per heavy atom. The standard InChI is InChI=1S/C17H19ClN4O2/c1-11-15(9-19-22(11)14-5-3-4-12(18)8-14)17(24)20-13-6-7-16(23)21(2)10-13/h3-5,8-9,13H,6-7,10H2,1-2H3,(H,20,24)/t13-/m1/s1. The predicted octanol–water partition coefficient (Wildman–Crippen LogP) is 2.18. The predicted molar refractivity (Wildman–Crippen MR) is 91.4 cm³/mol. The van der Waals surface area contributed by atoms with Gasteiger partial charge in [0, 0.05) is 31.1 Å². The maximum absolute atomic E-state index is 12.5. The van der Waals surface area contributed by atoms with Crippen molar-refractivity contribution < 1.29 is 9.59 Å². The number of hydrogen-bond acceptors (Lipinski definition) is 3. The topological polar surface area (TPSA) is 67.2 Å². The molecule has 126 valence electrons. The lowest BCUT2D eigenvalue weighted by molar-refractivity contribution is -0.132. The molecule has 1 aromatic carbocycles. The number of aromatic nitrogens is 2. The number of rotatable bonds is 3. The molecule has 1 fully saturated rings. The summed E-state index contributed by atoms with van der Waals surface area (Å²) in [6, 6.07) is 7.28. The van der Waals surface area contributed by atoms with E-state index < -0.39 is 0 Å². The van der Waals surface area contributed by atoms with Crippen molar-refractivity contribution in [3.63, 3.8) is 0 Å². The highest BCUT2D eigenvalue weighted by atomic mass is 35.5. The van der Waals surface area contributed by atoms with Gasteiger partial charge in [0.25, 0.3) is 5.91 Å². The van der Waals surface area contributed by atoms with E-state index in [1.807, 2.05) is 19.1 Å². The average molecular weight is 347 g/mol. The van der Waals surface area contributed by atoms with Gasteiger partial charge in [-0.15, -0.1) is 0 Å². The molecule has 24 heavy (non-hydrogen) atoms. The van der Waals surface area contributed by atoms with Crippen molar-refractivity contribution in [2.24, 2.45) is 0 Å². The van der Waals surface area contributed by atoms with Gasteiger partial charge in [0.2, 0.25) is 5.91 Å². The molecule has 0 unspecified atom stereocenters. The van der Waals surface area contributed by atoms with Crippen LogP contribution in [0, 0.1) is 6.92 Å². The molecular weight excluding hydrogens is 328 g/mol. The zero-order valence-electron chi connectivity index (χ0n) is 13.6. The van der Waals surface area contributed by atoms with Crippen LogP contribution in [-0.2, 0) is 4.79 Å². The van der Waals surface area contributed by atoms with E-state index in [4.69, 9.17) is 11.6 Å². The normalized spacial score (nSPS) is 17.9. The number of hydrogen-bond donors (Lipinski definition) is 1. The molecule has 7 heteroatoms. The largest absolute Gasteiger partial charge is 0.347 e. The monoisotopic (exact) mass is 346 g/mol. The maximum Gasteiger partial charge on any atom is 0.255 e. The fourth-order valence-corrected chi connectivity index (χ4v) is 3.08. The fourth-order valence-electron chi connectivity index (χ4n) is 2.89. The third-order valence-electron chi connectivity index (χ3n) is 4.27. The molecule has 1 aliphatic heterocycles. The summed E-state index contributed by atoms with van der Waals surface area (Å²) in [5.74, 6) is -0.0565. The molecule has 0 aliphatic carbocycles. The second kappa shape index (κ2) is 6.65. The van der Waals surface area contributed by atoms with Gasteiger partial charge in [0.1, 0.15) is 0 Å². The SMILES string of the molecule is Cc1c(C(=O)N[C@@H]2CCC(=O)N(C)C2)cnn1-c1cccc(Cl)c1. The molecule has 2 aromatic rings. The summed E-state index contributed by atoms with van der Waals surface area (Å²) in [4.78, 5) is 25.7. The summed E-state index contributed by atoms with van der Waals surface area (Å²) < 4.78 is 1.69. The highest BCUT2D eigenvalue weighted by Crippen LogP contribution is 2.18. The van der Waals surface area contributed by atoms with E-state index in [1.54, 1.807) is 35.0 Å². The van der Waals surface area contributed by atoms with Crippen LogP contribution in [0.4, 0.5) is 0 Å². The molecule has 1 aromatic heterocycles. The minimum atomic E-state index is -0.173. The van der Waals surface area contributed by atoms with Crippen LogP contribution in [-0.4, -0.2) is 46.1 Å². The zero-order valence-corrected chi connectivity index (χ0v) is 14.4. The van der Waals surface area contributed by atoms with Crippen molar-refractivity contribution in [1.82, 2.24) is 20.0 Å². The summed E-state index contributed by atoms with van der Waals surface area (Å²) in [6.45, 7) is 2.38. The number of piperidine rings is 1. The Labute approximate surface area is 145 Å². The van der Waals surface area contributed by atoms with Crippen LogP contribution < -0.4 is 5.32 Å². The number of nitrogens with one attached hydrogen (secondary N) is 1. The van der Waals surface area contributed by atoms with Crippen LogP contribution in [0.3, 0.4) is 0 Å². The van der Waals surface area contributed by atoms with Gasteiger partial charge in [-0.3, -0.25) is 9.59 Å². The van der Waals surface area contributed by atoms with E-state index in [-0.39, 0.29) is 17.9 Å². The molecule has 0 bridgehead atoms. The van der Waals surface area contributed by atoms with Crippen molar-refractivity contribution in [3.05, 3.63) is 46.7 Å². The van der Waals surface area contributed by atoms with Gasteiger partial charge in [-0.2, -0.15) is 5.10 Å². The Bertz CT molecular complexity index is 787. The van der Waals surface area contributed by atoms with Crippen LogP contribution in [0.2, 0.25) is 5.02 Å². The summed E-state index contributed by atoms with van der Waals surface area (Å²) in [6.07, 6.45) is 2.68. The number of likely N-dealkylation sites (tertiary alicyclic amines) is 1. The molecule has 1 aliphatic rings. The molecule has 1 N–H and O–H groups in total. The van der Waals surface area contributed by atoms with Crippen LogP contribution in [0.25, 0.3) is 5.69 Å². The Morgan fingerprint density at radius 2 is 2.21 bits per heavy atom. The molecule has 0 spiro atoms. The highest BCUT2D eigenvalue weighted by Gasteiger charge is 2.25. The zero-order chi connectivity index (χ0) is 17.3. The Hall–Kier alpha value is -2.34. The van der Waals surface area contributed by atoms with Crippen molar-refractivity contribution in [3.8, 4) is 5.69 Å². The molecule has 0 radical (unpaired) electrons. The van der Waals surface area contributed by atoms with Crippen molar-refractivity contribution >= 4 is 23.4 Å². The fraction of sp³-hybridized carbons (Fsp3) is 0.353. The molecule has 0 saturated carbocycles. The number of benzene rings is 1. The third-order valence-corrected chi connectivity index (χ3v) is 4.50. The van der Waals surface area contributed by atoms with Crippen LogP contribution >= 0.6 is 11.6 Å². The summed E-state index contributed by atoms with van der Waals surface area (Å²) in [7, 11) is 1.75. The molecule has 2 amide bonds. The van der Waals surface area contributed by atoms with E-state index in [0.717, 1.165) is 11.4 Å². The first kappa shape index (κ1) is 16.5. The van der Waals surface area contributed by atoms with E-state index in [1.165, 1.54) is 0 Å². The quantitative estimate of drug-likeness (QED) is 0.926. The number of amides is 2. The summed E-state index contributed by atoms with van der Waals surface area (Å²) in [5, 5.41) is 7.91. The second-order valence-corrected chi connectivity index (χ2v) is 6.46. The maximum atomic E-state index is 12.5. The van der Waals surface area contributed by atoms with Gasteiger partial charge >= 0.3 is 0 Å². The van der Waals surface area contributed by atoms with Crippen LogP contribution in [0.15, 0.2) is 30.5 Å². The van der Waals surface area contributed by atoms with E-state index in [0.29, 0.717) is 30.0 Å². The van der Waals surface area contributed by atoms with Crippen LogP contribution in [0.5, 0.6) is 0 Å². The van der Waals surface area contributed by atoms with Crippen molar-refractivity contribution in [2.75, 3.05) is 13.6 Å². The van der Waals surface area contributed by atoms with Gasteiger partial charge in [-0.05, 0) is 31.5 Å². The highest BCUT2D eigenvalue weighted by molar-refractivity contribution is 6.30. The molecule has 2 heterocycles. The molecule has 3 rings (SSSR count). The van der Waals surface area contributed by atoms with Crippen molar-refractivity contribution in [2.45, 2.75) is 25.8 Å². The minimum Gasteiger partial charge on any atom is -0.347 e. The lowest BCUT2D eigenvalue weighted by atomic mass is 10.1. The van der Waals surface area contributed by atoms with Gasteiger partial charge in [-0.25, -0.2) is 4.68 Å². The van der Waals surface area contributed by atoms with E-state index in [9.17, 15) is 9.59 Å². The number of likely N-dealkylation sites (N-methyl/N-ethyl adjacent to an activating group) is 1. The second-order valence-electron chi connectivity index (χ2n) is 6.02. The third kappa shape index (κ3) is 3.28. The van der Waals surface area contributed by atoms with E-state index in [2.05, 4.69) is 10.4 Å². The summed E-state index contributed by atoms with van der Waals surface area (Å²) >= 11 is 6.02. The molecule has 6 nitrogen and oxygen atoms in total. The van der Waals surface area contributed by atoms with Crippen molar-refractivity contribution in [1.29, 1.82) is 0 Å².